The summed E-state index contributed by atoms with van der Waals surface area (Å²) in [7, 11) is 0. The maximum atomic E-state index is 12.2. The third kappa shape index (κ3) is 2.68. The summed E-state index contributed by atoms with van der Waals surface area (Å²) in [6, 6.07) is 10.1. The van der Waals surface area contributed by atoms with Crippen molar-refractivity contribution in [3.05, 3.63) is 67.1 Å². The summed E-state index contributed by atoms with van der Waals surface area (Å²) in [5, 5.41) is 6.83. The van der Waals surface area contributed by atoms with Gasteiger partial charge in [-0.15, -0.1) is 0 Å². The Kier molecular flexibility index (Phi) is 3.39. The van der Waals surface area contributed by atoms with Crippen LogP contribution in [0.1, 0.15) is 10.6 Å². The van der Waals surface area contributed by atoms with Gasteiger partial charge in [0.05, 0.1) is 12.5 Å². The maximum Gasteiger partial charge on any atom is 0.292 e. The molecule has 118 valence electrons. The number of nitrogens with one attached hydrogen (secondary N) is 1. The molecule has 4 aromatic heterocycles. The normalized spacial score (nSPS) is 10.7. The molecule has 0 saturated carbocycles. The van der Waals surface area contributed by atoms with Crippen LogP contribution in [0.3, 0.4) is 0 Å². The Hall–Kier alpha value is -3.68. The van der Waals surface area contributed by atoms with Crippen LogP contribution >= 0.6 is 0 Å². The lowest BCUT2D eigenvalue weighted by Gasteiger charge is -2.07. The van der Waals surface area contributed by atoms with Gasteiger partial charge >= 0.3 is 0 Å². The first kappa shape index (κ1) is 13.9. The molecule has 4 heterocycles. The van der Waals surface area contributed by atoms with Gasteiger partial charge in [-0.3, -0.25) is 4.79 Å². The van der Waals surface area contributed by atoms with Crippen LogP contribution < -0.4 is 5.32 Å². The number of hydrogen-bond donors (Lipinski definition) is 1. The lowest BCUT2D eigenvalue weighted by Crippen LogP contribution is -2.13. The second kappa shape index (κ2) is 5.84. The molecule has 0 bridgehead atoms. The average Bonchev–Trinajstić information content (AvgIpc) is 3.38. The molecule has 8 nitrogen and oxygen atoms in total. The van der Waals surface area contributed by atoms with E-state index in [9.17, 15) is 4.79 Å². The molecule has 0 unspecified atom stereocenters. The number of hydrogen-bond acceptors (Lipinski definition) is 6. The smallest absolute Gasteiger partial charge is 0.292 e. The third-order valence-electron chi connectivity index (χ3n) is 3.18. The first-order chi connectivity index (χ1) is 11.8. The molecule has 0 radical (unpaired) electrons. The van der Waals surface area contributed by atoms with Crippen molar-refractivity contribution in [1.82, 2.24) is 19.7 Å². The van der Waals surface area contributed by atoms with Crippen molar-refractivity contribution < 1.29 is 13.6 Å². The predicted octanol–water partition coefficient (Wildman–Crippen LogP) is 2.77. The Bertz CT molecular complexity index is 891. The van der Waals surface area contributed by atoms with Crippen LogP contribution in [0.2, 0.25) is 0 Å². The number of rotatable bonds is 4. The molecule has 0 aromatic carbocycles. The van der Waals surface area contributed by atoms with Crippen LogP contribution in [0.4, 0.5) is 5.82 Å². The number of aromatic nitrogens is 4. The zero-order chi connectivity index (χ0) is 16.4. The van der Waals surface area contributed by atoms with Crippen molar-refractivity contribution in [2.75, 3.05) is 5.32 Å². The summed E-state index contributed by atoms with van der Waals surface area (Å²) >= 11 is 0. The van der Waals surface area contributed by atoms with Crippen molar-refractivity contribution in [3.63, 3.8) is 0 Å². The van der Waals surface area contributed by atoms with Gasteiger partial charge in [0.15, 0.2) is 23.2 Å². The minimum atomic E-state index is -0.407. The fourth-order valence-electron chi connectivity index (χ4n) is 2.12. The number of carbonyl (C=O) groups is 1. The minimum absolute atomic E-state index is 0.189. The van der Waals surface area contributed by atoms with Gasteiger partial charge in [-0.05, 0) is 30.3 Å². The SMILES string of the molecule is O=C(Nc1cc(-n2cccn2)nc(-c2ccco2)n1)c1ccco1. The van der Waals surface area contributed by atoms with E-state index in [1.807, 2.05) is 0 Å². The number of anilines is 1. The second-order valence-corrected chi connectivity index (χ2v) is 4.79. The molecule has 0 atom stereocenters. The monoisotopic (exact) mass is 321 g/mol. The highest BCUT2D eigenvalue weighted by Crippen LogP contribution is 2.20. The van der Waals surface area contributed by atoms with Gasteiger partial charge in [-0.25, -0.2) is 14.6 Å². The molecular weight excluding hydrogens is 310 g/mol. The quantitative estimate of drug-likeness (QED) is 0.620. The lowest BCUT2D eigenvalue weighted by atomic mass is 10.4. The Morgan fingerprint density at radius 3 is 2.67 bits per heavy atom. The average molecular weight is 321 g/mol. The van der Waals surface area contributed by atoms with Crippen LogP contribution in [0.15, 0.2) is 70.2 Å². The Balaban J connectivity index is 1.74. The van der Waals surface area contributed by atoms with E-state index in [1.165, 1.54) is 12.5 Å². The summed E-state index contributed by atoms with van der Waals surface area (Å²) in [5.41, 5.74) is 0. The van der Waals surface area contributed by atoms with Gasteiger partial charge in [0.25, 0.3) is 5.91 Å². The molecule has 0 aliphatic carbocycles. The van der Waals surface area contributed by atoms with Crippen LogP contribution in [-0.4, -0.2) is 25.7 Å². The maximum absolute atomic E-state index is 12.2. The highest BCUT2D eigenvalue weighted by atomic mass is 16.3. The number of nitrogens with zero attached hydrogens (tertiary/aromatic N) is 4. The molecule has 1 N–H and O–H groups in total. The van der Waals surface area contributed by atoms with E-state index < -0.39 is 5.91 Å². The molecule has 1 amide bonds. The van der Waals surface area contributed by atoms with E-state index in [-0.39, 0.29) is 5.76 Å². The van der Waals surface area contributed by atoms with Gasteiger partial charge < -0.3 is 14.2 Å². The molecule has 0 aliphatic rings. The molecule has 0 spiro atoms. The van der Waals surface area contributed by atoms with Crippen molar-refractivity contribution in [2.45, 2.75) is 0 Å². The molecule has 8 heteroatoms. The molecule has 24 heavy (non-hydrogen) atoms. The zero-order valence-electron chi connectivity index (χ0n) is 12.3. The molecule has 0 fully saturated rings. The molecular formula is C16H11N5O3. The zero-order valence-corrected chi connectivity index (χ0v) is 12.3. The van der Waals surface area contributed by atoms with E-state index in [0.29, 0.717) is 23.2 Å². The van der Waals surface area contributed by atoms with E-state index in [2.05, 4.69) is 20.4 Å². The summed E-state index contributed by atoms with van der Waals surface area (Å²) in [4.78, 5) is 20.9. The fourth-order valence-corrected chi connectivity index (χ4v) is 2.12. The molecule has 0 aliphatic heterocycles. The van der Waals surface area contributed by atoms with Gasteiger partial charge in [-0.2, -0.15) is 5.10 Å². The van der Waals surface area contributed by atoms with Crippen molar-refractivity contribution >= 4 is 11.7 Å². The van der Waals surface area contributed by atoms with Gasteiger partial charge in [0.2, 0.25) is 0 Å². The Morgan fingerprint density at radius 2 is 1.96 bits per heavy atom. The second-order valence-electron chi connectivity index (χ2n) is 4.79. The first-order valence-electron chi connectivity index (χ1n) is 7.07. The standard InChI is InChI=1S/C16H11N5O3/c22-16(12-5-2-9-24-12)19-13-10-14(21-7-3-6-17-21)20-15(18-13)11-4-1-8-23-11/h1-10H,(H,18,19,20,22). The summed E-state index contributed by atoms with van der Waals surface area (Å²) < 4.78 is 12.0. The predicted molar refractivity (Wildman–Crippen MR) is 83.5 cm³/mol. The summed E-state index contributed by atoms with van der Waals surface area (Å²) in [6.07, 6.45) is 6.33. The lowest BCUT2D eigenvalue weighted by molar-refractivity contribution is 0.0996. The first-order valence-corrected chi connectivity index (χ1v) is 7.07. The van der Waals surface area contributed by atoms with Gasteiger partial charge in [0.1, 0.15) is 5.82 Å². The van der Waals surface area contributed by atoms with E-state index in [1.54, 1.807) is 53.5 Å². The van der Waals surface area contributed by atoms with Crippen LogP contribution in [0.25, 0.3) is 17.4 Å². The largest absolute Gasteiger partial charge is 0.461 e. The van der Waals surface area contributed by atoms with Crippen molar-refractivity contribution in [1.29, 1.82) is 0 Å². The minimum Gasteiger partial charge on any atom is -0.461 e. The topological polar surface area (TPSA) is 99.0 Å². The third-order valence-corrected chi connectivity index (χ3v) is 3.18. The van der Waals surface area contributed by atoms with E-state index in [4.69, 9.17) is 8.83 Å². The van der Waals surface area contributed by atoms with E-state index in [0.717, 1.165) is 0 Å². The number of amides is 1. The van der Waals surface area contributed by atoms with Gasteiger partial charge in [-0.1, -0.05) is 0 Å². The molecule has 4 aromatic rings. The van der Waals surface area contributed by atoms with Crippen molar-refractivity contribution in [3.8, 4) is 17.4 Å². The summed E-state index contributed by atoms with van der Waals surface area (Å²) in [6.45, 7) is 0. The van der Waals surface area contributed by atoms with E-state index >= 15 is 0 Å². The number of furan rings is 2. The highest BCUT2D eigenvalue weighted by Gasteiger charge is 2.14. The van der Waals surface area contributed by atoms with Crippen LogP contribution in [0.5, 0.6) is 0 Å². The van der Waals surface area contributed by atoms with Crippen molar-refractivity contribution in [2.24, 2.45) is 0 Å². The summed E-state index contributed by atoms with van der Waals surface area (Å²) in [5.74, 6) is 1.41. The van der Waals surface area contributed by atoms with Crippen LogP contribution in [-0.2, 0) is 0 Å². The molecule has 0 saturated heterocycles. The highest BCUT2D eigenvalue weighted by molar-refractivity contribution is 6.01. The fraction of sp³-hybridized carbons (Fsp3) is 0. The Labute approximate surface area is 135 Å². The van der Waals surface area contributed by atoms with Crippen LogP contribution in [0, 0.1) is 0 Å². The Morgan fingerprint density at radius 1 is 1.08 bits per heavy atom. The molecule has 4 rings (SSSR count). The van der Waals surface area contributed by atoms with Gasteiger partial charge in [0, 0.05) is 18.5 Å². The number of carbonyl (C=O) groups excluding carboxylic acids is 1.